The van der Waals surface area contributed by atoms with Crippen LogP contribution in [-0.2, 0) is 23.4 Å². The lowest BCUT2D eigenvalue weighted by Gasteiger charge is -2.24. The Kier molecular flexibility index (Phi) is 8.44. The lowest BCUT2D eigenvalue weighted by Crippen LogP contribution is -2.36. The van der Waals surface area contributed by atoms with Gasteiger partial charge in [0.15, 0.2) is 28.9 Å². The highest BCUT2D eigenvalue weighted by Gasteiger charge is 2.49. The number of nitrogen functional groups attached to an aromatic ring is 1. The Hall–Kier alpha value is -3.32. The second kappa shape index (κ2) is 11.8. The molecule has 42 heavy (non-hydrogen) atoms. The van der Waals surface area contributed by atoms with Crippen LogP contribution >= 0.6 is 7.75 Å². The number of esters is 1. The first-order chi connectivity index (χ1) is 19.8. The van der Waals surface area contributed by atoms with E-state index in [0.717, 1.165) is 12.8 Å². The molecule has 0 spiro atoms. The lowest BCUT2D eigenvalue weighted by molar-refractivity contribution is -0.149. The van der Waals surface area contributed by atoms with Gasteiger partial charge in [0.1, 0.15) is 11.8 Å². The van der Waals surface area contributed by atoms with Crippen LogP contribution in [0.1, 0.15) is 53.2 Å². The van der Waals surface area contributed by atoms with E-state index in [-0.39, 0.29) is 30.8 Å². The first-order valence-corrected chi connectivity index (χ1v) is 15.4. The predicted molar refractivity (Wildman–Crippen MR) is 154 cm³/mol. The number of nitrogens with two attached hydrogens (primary N) is 1. The molecule has 2 fully saturated rings. The molecule has 2 aliphatic rings. The van der Waals surface area contributed by atoms with E-state index in [1.54, 1.807) is 44.2 Å². The summed E-state index contributed by atoms with van der Waals surface area (Å²) in [6.45, 7) is 6.02. The number of fused-ring (bicyclic) bond motifs is 1. The number of hydrogen-bond acceptors (Lipinski definition) is 11. The Morgan fingerprint density at radius 1 is 1.29 bits per heavy atom. The van der Waals surface area contributed by atoms with Crippen LogP contribution in [0.3, 0.4) is 0 Å². The topological polar surface area (TPSA) is 156 Å². The molecule has 3 N–H and O–H groups in total. The molecule has 1 saturated carbocycles. The second-order valence-corrected chi connectivity index (χ2v) is 12.9. The third-order valence-electron chi connectivity index (χ3n) is 7.02. The van der Waals surface area contributed by atoms with E-state index in [0.29, 0.717) is 23.0 Å². The summed E-state index contributed by atoms with van der Waals surface area (Å²) in [6.07, 6.45) is 1.17. The highest BCUT2D eigenvalue weighted by molar-refractivity contribution is 7.52. The third-order valence-corrected chi connectivity index (χ3v) is 8.66. The maximum atomic E-state index is 16.0. The van der Waals surface area contributed by atoms with Gasteiger partial charge in [0.05, 0.1) is 25.1 Å². The zero-order chi connectivity index (χ0) is 30.2. The lowest BCUT2D eigenvalue weighted by atomic mass is 10.0. The Morgan fingerprint density at radius 2 is 2.00 bits per heavy atom. The van der Waals surface area contributed by atoms with Gasteiger partial charge in [-0.25, -0.2) is 13.9 Å². The van der Waals surface area contributed by atoms with Crippen LogP contribution in [0.25, 0.3) is 11.2 Å². The first kappa shape index (κ1) is 30.1. The van der Waals surface area contributed by atoms with Crippen LogP contribution in [-0.4, -0.2) is 69.1 Å². The molecule has 15 heteroatoms. The second-order valence-electron chi connectivity index (χ2n) is 11.2. The summed E-state index contributed by atoms with van der Waals surface area (Å²) in [4.78, 5) is 27.6. The summed E-state index contributed by atoms with van der Waals surface area (Å²) in [5, 5.41) is 2.63. The minimum atomic E-state index is -4.15. The molecule has 3 aromatic rings. The third kappa shape index (κ3) is 6.67. The predicted octanol–water partition coefficient (Wildman–Crippen LogP) is 4.16. The largest absolute Gasteiger partial charge is 0.462 e. The molecular weight excluding hydrogens is 568 g/mol. The number of alkyl halides is 1. The summed E-state index contributed by atoms with van der Waals surface area (Å²) >= 11 is 0. The van der Waals surface area contributed by atoms with Gasteiger partial charge in [-0.2, -0.15) is 15.1 Å². The smallest absolute Gasteiger partial charge is 0.459 e. The van der Waals surface area contributed by atoms with Crippen molar-refractivity contribution in [2.24, 2.45) is 0 Å². The van der Waals surface area contributed by atoms with Crippen molar-refractivity contribution in [2.75, 3.05) is 24.3 Å². The van der Waals surface area contributed by atoms with Crippen LogP contribution in [0.2, 0.25) is 0 Å². The van der Waals surface area contributed by atoms with E-state index in [1.165, 1.54) is 24.7 Å². The number of benzene rings is 1. The molecule has 1 aliphatic carbocycles. The average molecular weight is 606 g/mol. The molecular formula is C27H37FN7O6P. The van der Waals surface area contributed by atoms with E-state index < -0.39 is 37.8 Å². The van der Waals surface area contributed by atoms with Crippen molar-refractivity contribution >= 4 is 36.6 Å². The number of para-hydroxylation sites is 1. The highest BCUT2D eigenvalue weighted by Crippen LogP contribution is 2.48. The van der Waals surface area contributed by atoms with Crippen molar-refractivity contribution in [3.8, 4) is 5.75 Å². The number of aromatic nitrogens is 4. The quantitative estimate of drug-likeness (QED) is 0.225. The molecule has 13 nitrogen and oxygen atoms in total. The van der Waals surface area contributed by atoms with Crippen molar-refractivity contribution in [3.05, 3.63) is 36.7 Å². The normalized spacial score (nSPS) is 24.5. The van der Waals surface area contributed by atoms with Crippen LogP contribution in [0, 0.1) is 0 Å². The number of halogens is 1. The Bertz CT molecular complexity index is 1470. The van der Waals surface area contributed by atoms with Gasteiger partial charge < -0.3 is 24.6 Å². The molecule has 0 amide bonds. The Morgan fingerprint density at radius 3 is 2.67 bits per heavy atom. The number of ether oxygens (including phenoxy) is 2. The van der Waals surface area contributed by atoms with Crippen molar-refractivity contribution in [2.45, 2.75) is 83.1 Å². The Labute approximate surface area is 243 Å². The minimum absolute atomic E-state index is 0.0420. The molecule has 5 atom stereocenters. The SMILES string of the molecule is CC(C)OC(=O)[C@H](C)NP(=O)(OC[C@@H]1C[C@@](C)(F)[C@H](n2cnc3c(N(C)C4CC4)nc(N)nc32)O1)Oc1ccccc1. The van der Waals surface area contributed by atoms with Gasteiger partial charge >= 0.3 is 13.7 Å². The van der Waals surface area contributed by atoms with Gasteiger partial charge in [0, 0.05) is 19.5 Å². The van der Waals surface area contributed by atoms with E-state index in [9.17, 15) is 9.36 Å². The van der Waals surface area contributed by atoms with E-state index in [1.807, 2.05) is 11.9 Å². The Balaban J connectivity index is 1.34. The van der Waals surface area contributed by atoms with Crippen molar-refractivity contribution in [3.63, 3.8) is 0 Å². The fourth-order valence-corrected chi connectivity index (χ4v) is 6.38. The summed E-state index contributed by atoms with van der Waals surface area (Å²) in [5.41, 5.74) is 4.99. The van der Waals surface area contributed by atoms with Crippen molar-refractivity contribution in [1.29, 1.82) is 0 Å². The van der Waals surface area contributed by atoms with Gasteiger partial charge in [-0.05, 0) is 52.7 Å². The maximum Gasteiger partial charge on any atom is 0.459 e. The summed E-state index contributed by atoms with van der Waals surface area (Å²) in [5.74, 6) is 0.249. The standard InChI is InChI=1S/C27H37FN7O6P/c1-16(2)39-24(36)17(3)33-42(37,41-19-9-7-6-8-10-19)38-14-20-13-27(4,28)25(40-20)35-15-30-21-22(34(5)18-11-12-18)31-26(29)32-23(21)35/h6-10,15-18,20,25H,11-14H2,1-5H3,(H,33,37)(H2,29,31,32)/t17-,20-,25+,27+,42?/m0/s1. The zero-order valence-electron chi connectivity index (χ0n) is 24.3. The monoisotopic (exact) mass is 605 g/mol. The fraction of sp³-hybridized carbons (Fsp3) is 0.556. The van der Waals surface area contributed by atoms with Gasteiger partial charge in [-0.1, -0.05) is 18.2 Å². The van der Waals surface area contributed by atoms with E-state index in [2.05, 4.69) is 20.0 Å². The van der Waals surface area contributed by atoms with Crippen molar-refractivity contribution < 1.29 is 32.3 Å². The highest BCUT2D eigenvalue weighted by atomic mass is 31.2. The van der Waals surface area contributed by atoms with Crippen molar-refractivity contribution in [1.82, 2.24) is 24.6 Å². The summed E-state index contributed by atoms with van der Waals surface area (Å²) in [6, 6.07) is 7.71. The number of imidazole rings is 1. The zero-order valence-corrected chi connectivity index (χ0v) is 25.2. The number of nitrogens with zero attached hydrogens (tertiary/aromatic N) is 5. The molecule has 1 aliphatic heterocycles. The number of carbonyl (C=O) groups is 1. The summed E-state index contributed by atoms with van der Waals surface area (Å²) < 4.78 is 54.1. The van der Waals surface area contributed by atoms with Crippen LogP contribution in [0.5, 0.6) is 5.75 Å². The molecule has 0 bridgehead atoms. The van der Waals surface area contributed by atoms with E-state index in [4.69, 9.17) is 24.3 Å². The molecule has 1 aromatic carbocycles. The van der Waals surface area contributed by atoms with Crippen LogP contribution < -0.4 is 20.2 Å². The average Bonchev–Trinajstić information content (AvgIpc) is 3.62. The molecule has 0 radical (unpaired) electrons. The van der Waals surface area contributed by atoms with Gasteiger partial charge in [-0.3, -0.25) is 13.9 Å². The van der Waals surface area contributed by atoms with Gasteiger partial charge in [0.25, 0.3) is 0 Å². The van der Waals surface area contributed by atoms with Gasteiger partial charge in [0.2, 0.25) is 5.95 Å². The summed E-state index contributed by atoms with van der Waals surface area (Å²) in [7, 11) is -2.23. The number of anilines is 2. The van der Waals surface area contributed by atoms with Gasteiger partial charge in [-0.15, -0.1) is 0 Å². The number of nitrogens with one attached hydrogen (secondary N) is 1. The number of rotatable bonds is 12. The maximum absolute atomic E-state index is 16.0. The molecule has 2 aromatic heterocycles. The fourth-order valence-electron chi connectivity index (χ4n) is 4.86. The molecule has 3 heterocycles. The molecule has 1 unspecified atom stereocenters. The van der Waals surface area contributed by atoms with E-state index >= 15 is 4.39 Å². The number of hydrogen-bond donors (Lipinski definition) is 2. The van der Waals surface area contributed by atoms with Crippen LogP contribution in [0.15, 0.2) is 36.7 Å². The van der Waals surface area contributed by atoms with Crippen LogP contribution in [0.4, 0.5) is 16.2 Å². The number of carbonyl (C=O) groups excluding carboxylic acids is 1. The molecule has 1 saturated heterocycles. The molecule has 5 rings (SSSR count). The molecule has 228 valence electrons. The minimum Gasteiger partial charge on any atom is -0.462 e. The first-order valence-electron chi connectivity index (χ1n) is 13.9.